The number of ether oxygens (including phenoxy) is 1. The molecule has 0 unspecified atom stereocenters. The van der Waals surface area contributed by atoms with Gasteiger partial charge in [-0.3, -0.25) is 4.79 Å². The Balaban J connectivity index is 5.42. The minimum absolute atomic E-state index is 0.987. The smallest absolute Gasteiger partial charge is 0.305 e. The van der Waals surface area contributed by atoms with Crippen molar-refractivity contribution >= 4 is 18.6 Å². The molecule has 0 radical (unpaired) electrons. The third-order valence-electron chi connectivity index (χ3n) is 0.667. The topological polar surface area (TPSA) is 26.3 Å². The van der Waals surface area contributed by atoms with Crippen LogP contribution in [0.1, 0.15) is 36.5 Å². The van der Waals surface area contributed by atoms with Gasteiger partial charge >= 0.3 is 5.97 Å². The highest BCUT2D eigenvalue weighted by molar-refractivity contribution is 7.80. The van der Waals surface area contributed by atoms with E-state index in [9.17, 15) is 4.79 Å². The van der Waals surface area contributed by atoms with Crippen molar-refractivity contribution in [2.75, 3.05) is 12.8 Å². The van der Waals surface area contributed by atoms with E-state index < -0.39 is 37.2 Å². The van der Waals surface area contributed by atoms with Gasteiger partial charge in [0, 0.05) is 17.4 Å². The van der Waals surface area contributed by atoms with Crippen molar-refractivity contribution < 1.29 is 20.5 Å². The summed E-state index contributed by atoms with van der Waals surface area (Å²) in [5.41, 5.74) is -2.92. The maximum atomic E-state index is 11.0. The third-order valence-corrected chi connectivity index (χ3v) is 0.779. The molecule has 0 aromatic rings. The van der Waals surface area contributed by atoms with Gasteiger partial charge in [0.1, 0.15) is 0 Å². The molecule has 0 aliphatic carbocycles. The van der Waals surface area contributed by atoms with Crippen LogP contribution in [0, 0.1) is 0 Å². The van der Waals surface area contributed by atoms with Crippen molar-refractivity contribution in [2.45, 2.75) is 25.5 Å². The van der Waals surface area contributed by atoms with Crippen molar-refractivity contribution in [1.82, 2.24) is 0 Å². The average molecular weight is 170 g/mol. The normalized spacial score (nSPS) is 27.0. The Kier molecular flexibility index (Phi) is 1.87. The number of methoxy groups -OCH3 is 1. The van der Waals surface area contributed by atoms with E-state index in [0.29, 0.717) is 0 Å². The minimum atomic E-state index is -3.28. The molecule has 0 atom stereocenters. The van der Waals surface area contributed by atoms with Crippen LogP contribution in [0.3, 0.4) is 0 Å². The zero-order chi connectivity index (χ0) is 15.0. The van der Waals surface area contributed by atoms with Crippen LogP contribution in [0.5, 0.6) is 0 Å². The number of esters is 1. The first kappa shape index (κ1) is 2.70. The molecule has 0 saturated carbocycles. The van der Waals surface area contributed by atoms with Crippen LogP contribution in [0.2, 0.25) is 0 Å². The Bertz CT molecular complexity index is 324. The molecule has 0 aliphatic heterocycles. The van der Waals surface area contributed by atoms with Gasteiger partial charge in [-0.2, -0.15) is 12.6 Å². The second-order valence-corrected chi connectivity index (χ2v) is 1.52. The second-order valence-electron chi connectivity index (χ2n) is 1.29. The van der Waals surface area contributed by atoms with Gasteiger partial charge in [0.05, 0.1) is 7.11 Å². The number of carbonyl (C=O) groups excluding carboxylic acids is 1. The molecule has 0 bridgehead atoms. The fraction of sp³-hybridized carbons (Fsp3) is 0.857. The Labute approximate surface area is 78.6 Å². The first-order chi connectivity index (χ1) is 7.70. The van der Waals surface area contributed by atoms with E-state index in [0.717, 1.165) is 7.11 Å². The van der Waals surface area contributed by atoms with Crippen LogP contribution in [-0.4, -0.2) is 18.8 Å². The number of rotatable bonds is 5. The molecular formula is C7H14O2S. The quantitative estimate of drug-likeness (QED) is 0.501. The molecule has 0 fully saturated rings. The molecule has 2 nitrogen and oxygen atoms in total. The lowest BCUT2D eigenvalue weighted by Crippen LogP contribution is -1.99. The summed E-state index contributed by atoms with van der Waals surface area (Å²) in [6, 6.07) is 0. The van der Waals surface area contributed by atoms with Gasteiger partial charge in [-0.25, -0.2) is 0 Å². The zero-order valence-corrected chi connectivity index (χ0v) is 6.37. The van der Waals surface area contributed by atoms with Crippen LogP contribution in [0.25, 0.3) is 0 Å². The van der Waals surface area contributed by atoms with E-state index in [2.05, 4.69) is 17.4 Å². The average Bonchev–Trinajstić information content (AvgIpc) is 2.14. The fourth-order valence-electron chi connectivity index (χ4n) is 0.261. The molecule has 0 aromatic carbocycles. The summed E-state index contributed by atoms with van der Waals surface area (Å²) in [4.78, 5) is 11.0. The number of hydrogen-bond acceptors (Lipinski definition) is 3. The Morgan fingerprint density at radius 3 is 2.80 bits per heavy atom. The number of carbonyl (C=O) groups is 1. The Hall–Kier alpha value is -0.180. The lowest BCUT2D eigenvalue weighted by Gasteiger charge is -1.97. The fourth-order valence-corrected chi connectivity index (χ4v) is 0.317. The molecule has 0 spiro atoms. The second kappa shape index (κ2) is 6.93. The highest BCUT2D eigenvalue weighted by atomic mass is 32.1. The minimum Gasteiger partial charge on any atom is -0.469 e. The molecule has 0 heterocycles. The predicted octanol–water partition coefficient (Wildman–Crippen LogP) is 1.65. The molecule has 0 amide bonds. The molecule has 0 rings (SSSR count). The van der Waals surface area contributed by atoms with Crippen molar-refractivity contribution in [3.63, 3.8) is 0 Å². The number of thiol groups is 1. The van der Waals surface area contributed by atoms with Crippen molar-refractivity contribution in [2.24, 2.45) is 0 Å². The highest BCUT2D eigenvalue weighted by Gasteiger charge is 1.97. The Morgan fingerprint density at radius 1 is 1.60 bits per heavy atom. The maximum Gasteiger partial charge on any atom is 0.305 e. The zero-order valence-electron chi connectivity index (χ0n) is 13.5. The summed E-state index contributed by atoms with van der Waals surface area (Å²) >= 11 is 3.31. The van der Waals surface area contributed by atoms with Gasteiger partial charge in [-0.05, 0) is 18.5 Å². The lowest BCUT2D eigenvalue weighted by atomic mass is 10.2. The van der Waals surface area contributed by atoms with E-state index in [1.807, 2.05) is 0 Å². The van der Waals surface area contributed by atoms with Crippen LogP contribution < -0.4 is 0 Å². The van der Waals surface area contributed by atoms with Crippen molar-refractivity contribution in [1.29, 1.82) is 0 Å². The van der Waals surface area contributed by atoms with E-state index in [1.165, 1.54) is 0 Å². The van der Waals surface area contributed by atoms with Gasteiger partial charge < -0.3 is 4.74 Å². The molecular weight excluding hydrogens is 148 g/mol. The molecule has 0 aromatic heterocycles. The highest BCUT2D eigenvalue weighted by Crippen LogP contribution is 2.01. The van der Waals surface area contributed by atoms with E-state index in [4.69, 9.17) is 11.0 Å². The lowest BCUT2D eigenvalue weighted by molar-refractivity contribution is -0.140. The monoisotopic (exact) mass is 170 g/mol. The molecule has 0 saturated heterocycles. The molecule has 10 heavy (non-hydrogen) atoms. The third kappa shape index (κ3) is 5.95. The summed E-state index contributed by atoms with van der Waals surface area (Å²) in [5.74, 6) is -1.06. The van der Waals surface area contributed by atoms with Crippen LogP contribution in [0.4, 0.5) is 0 Å². The van der Waals surface area contributed by atoms with E-state index in [1.54, 1.807) is 0 Å². The molecule has 3 heteroatoms. The van der Waals surface area contributed by atoms with Crippen LogP contribution in [-0.2, 0) is 9.53 Å². The predicted molar refractivity (Wildman–Crippen MR) is 44.3 cm³/mol. The first-order valence-corrected chi connectivity index (χ1v) is 2.94. The van der Waals surface area contributed by atoms with Gasteiger partial charge in [0.15, 0.2) is 0 Å². The van der Waals surface area contributed by atoms with E-state index in [-0.39, 0.29) is 0 Å². The largest absolute Gasteiger partial charge is 0.469 e. The van der Waals surface area contributed by atoms with Gasteiger partial charge in [0.25, 0.3) is 0 Å². The number of hydrogen-bond donors (Lipinski definition) is 1. The molecule has 60 valence electrons. The maximum absolute atomic E-state index is 11.0. The van der Waals surface area contributed by atoms with Crippen LogP contribution in [0.15, 0.2) is 0 Å². The summed E-state index contributed by atoms with van der Waals surface area (Å²) < 4.78 is 63.1. The summed E-state index contributed by atoms with van der Waals surface area (Å²) in [6.45, 7) is 0. The van der Waals surface area contributed by atoms with Crippen LogP contribution >= 0.6 is 12.6 Å². The van der Waals surface area contributed by atoms with Gasteiger partial charge in [0.2, 0.25) is 0 Å². The Morgan fingerprint density at radius 2 is 2.30 bits per heavy atom. The SMILES string of the molecule is [2H]C([2H])(S)C([2H])([2H])C([2H])([2H])C([2H])([2H])CC(=O)OC. The summed E-state index contributed by atoms with van der Waals surface area (Å²) in [7, 11) is 0.987. The van der Waals surface area contributed by atoms with Crippen molar-refractivity contribution in [3.05, 3.63) is 0 Å². The molecule has 0 aliphatic rings. The van der Waals surface area contributed by atoms with Gasteiger partial charge in [-0.1, -0.05) is 6.37 Å². The standard InChI is InChI=1S/C7H14O2S/c1-9-7(8)5-3-2-4-6-10/h10H,2-6H2,1H3/i2D2,3D2,4D2,6D2. The molecule has 0 N–H and O–H groups in total. The summed E-state index contributed by atoms with van der Waals surface area (Å²) in [5, 5.41) is 0. The first-order valence-electron chi connectivity index (χ1n) is 6.50. The van der Waals surface area contributed by atoms with Crippen molar-refractivity contribution in [3.8, 4) is 0 Å². The van der Waals surface area contributed by atoms with E-state index >= 15 is 0 Å². The van der Waals surface area contributed by atoms with Gasteiger partial charge in [-0.15, -0.1) is 0 Å². The summed E-state index contributed by atoms with van der Waals surface area (Å²) in [6.07, 6.45) is -10.5.